The number of hydrogen-bond acceptors (Lipinski definition) is 4. The van der Waals surface area contributed by atoms with Crippen molar-refractivity contribution in [2.24, 2.45) is 17.8 Å². The zero-order chi connectivity index (χ0) is 16.9. The number of nitrogens with one attached hydrogen (secondary N) is 2. The molecule has 2 saturated carbocycles. The number of carboxylic acid groups (broad SMARTS) is 1. The number of hydrogen-bond donors (Lipinski definition) is 3. The monoisotopic (exact) mass is 346 g/mol. The Labute approximate surface area is 137 Å². The van der Waals surface area contributed by atoms with Crippen LogP contribution in [0.5, 0.6) is 0 Å². The Morgan fingerprint density at radius 2 is 1.70 bits per heavy atom. The van der Waals surface area contributed by atoms with Gasteiger partial charge in [0.15, 0.2) is 0 Å². The summed E-state index contributed by atoms with van der Waals surface area (Å²) < 4.78 is 26.2. The van der Waals surface area contributed by atoms with E-state index in [2.05, 4.69) is 10.0 Å². The third-order valence-electron chi connectivity index (χ3n) is 4.88. The number of aliphatic carboxylic acids is 1. The standard InChI is InChI=1S/C15H26N2O5S/c18-14(12-5-2-6-13(9-12)15(19)20)16-7-8-23(21,22)17-10-11-3-1-4-11/h11-13,17H,1-10H2,(H,16,18)(H,19,20). The normalized spacial score (nSPS) is 25.6. The van der Waals surface area contributed by atoms with Crippen LogP contribution in [0.15, 0.2) is 0 Å². The molecular weight excluding hydrogens is 320 g/mol. The zero-order valence-corrected chi connectivity index (χ0v) is 14.1. The first-order valence-corrected chi connectivity index (χ1v) is 10.0. The Morgan fingerprint density at radius 1 is 1.04 bits per heavy atom. The van der Waals surface area contributed by atoms with Crippen LogP contribution < -0.4 is 10.0 Å². The van der Waals surface area contributed by atoms with Gasteiger partial charge in [0, 0.05) is 19.0 Å². The van der Waals surface area contributed by atoms with Crippen molar-refractivity contribution in [3.63, 3.8) is 0 Å². The largest absolute Gasteiger partial charge is 0.481 e. The van der Waals surface area contributed by atoms with Crippen molar-refractivity contribution in [3.8, 4) is 0 Å². The average Bonchev–Trinajstić information content (AvgIpc) is 2.45. The van der Waals surface area contributed by atoms with Crippen LogP contribution in [0, 0.1) is 17.8 Å². The second-order valence-corrected chi connectivity index (χ2v) is 8.58. The Bertz CT molecular complexity index is 530. The van der Waals surface area contributed by atoms with Crippen LogP contribution in [-0.2, 0) is 19.6 Å². The molecule has 2 rings (SSSR count). The molecule has 0 saturated heterocycles. The zero-order valence-electron chi connectivity index (χ0n) is 13.3. The van der Waals surface area contributed by atoms with E-state index in [9.17, 15) is 18.0 Å². The molecule has 0 heterocycles. The van der Waals surface area contributed by atoms with Crippen molar-refractivity contribution < 1.29 is 23.1 Å². The Kier molecular flexibility index (Phi) is 6.41. The smallest absolute Gasteiger partial charge is 0.306 e. The van der Waals surface area contributed by atoms with Gasteiger partial charge in [0.05, 0.1) is 11.7 Å². The summed E-state index contributed by atoms with van der Waals surface area (Å²) in [5.41, 5.74) is 0. The highest BCUT2D eigenvalue weighted by atomic mass is 32.2. The molecule has 2 aliphatic carbocycles. The average molecular weight is 346 g/mol. The molecule has 0 aromatic heterocycles. The molecule has 2 atom stereocenters. The van der Waals surface area contributed by atoms with Gasteiger partial charge in [-0.3, -0.25) is 9.59 Å². The minimum absolute atomic E-state index is 0.0626. The summed E-state index contributed by atoms with van der Waals surface area (Å²) in [5.74, 6) is -1.56. The summed E-state index contributed by atoms with van der Waals surface area (Å²) in [4.78, 5) is 23.1. The molecule has 0 aromatic rings. The fraction of sp³-hybridized carbons (Fsp3) is 0.867. The van der Waals surface area contributed by atoms with Crippen molar-refractivity contribution in [2.45, 2.75) is 44.9 Å². The van der Waals surface area contributed by atoms with Gasteiger partial charge in [-0.15, -0.1) is 0 Å². The van der Waals surface area contributed by atoms with Gasteiger partial charge in [-0.25, -0.2) is 13.1 Å². The molecule has 2 unspecified atom stereocenters. The minimum Gasteiger partial charge on any atom is -0.481 e. The molecule has 1 amide bonds. The summed E-state index contributed by atoms with van der Waals surface area (Å²) in [6.07, 6.45) is 5.66. The van der Waals surface area contributed by atoms with E-state index >= 15 is 0 Å². The first kappa shape index (κ1) is 18.2. The maximum atomic E-state index is 12.1. The first-order valence-electron chi connectivity index (χ1n) is 8.35. The van der Waals surface area contributed by atoms with Crippen LogP contribution in [0.25, 0.3) is 0 Å². The molecule has 0 bridgehead atoms. The summed E-state index contributed by atoms with van der Waals surface area (Å²) in [6.45, 7) is 0.548. The quantitative estimate of drug-likeness (QED) is 0.599. The van der Waals surface area contributed by atoms with E-state index in [-0.39, 0.29) is 24.1 Å². The topological polar surface area (TPSA) is 113 Å². The Balaban J connectivity index is 1.68. The van der Waals surface area contributed by atoms with Crippen LogP contribution in [0.3, 0.4) is 0 Å². The number of carbonyl (C=O) groups excluding carboxylic acids is 1. The van der Waals surface area contributed by atoms with Gasteiger partial charge in [-0.2, -0.15) is 0 Å². The van der Waals surface area contributed by atoms with Gasteiger partial charge in [-0.05, 0) is 38.0 Å². The lowest BCUT2D eigenvalue weighted by molar-refractivity contribution is -0.144. The van der Waals surface area contributed by atoms with Crippen LogP contribution >= 0.6 is 0 Å². The van der Waals surface area contributed by atoms with Gasteiger partial charge in [0.2, 0.25) is 15.9 Å². The SMILES string of the molecule is O=C(O)C1CCCC(C(=O)NCCS(=O)(=O)NCC2CCC2)C1. The van der Waals surface area contributed by atoms with Gasteiger partial charge in [0.25, 0.3) is 0 Å². The van der Waals surface area contributed by atoms with E-state index in [0.717, 1.165) is 19.3 Å². The summed E-state index contributed by atoms with van der Waals surface area (Å²) in [6, 6.07) is 0. The molecule has 23 heavy (non-hydrogen) atoms. The van der Waals surface area contributed by atoms with Crippen molar-refractivity contribution in [2.75, 3.05) is 18.8 Å². The molecule has 132 valence electrons. The second-order valence-electron chi connectivity index (χ2n) is 6.65. The molecule has 3 N–H and O–H groups in total. The summed E-state index contributed by atoms with van der Waals surface area (Å²) in [5, 5.41) is 11.7. The predicted molar refractivity (Wildman–Crippen MR) is 85.2 cm³/mol. The van der Waals surface area contributed by atoms with Crippen LogP contribution in [0.4, 0.5) is 0 Å². The molecule has 0 aliphatic heterocycles. The Morgan fingerprint density at radius 3 is 2.30 bits per heavy atom. The number of rotatable bonds is 8. The van der Waals surface area contributed by atoms with Crippen LogP contribution in [0.2, 0.25) is 0 Å². The van der Waals surface area contributed by atoms with Gasteiger partial charge < -0.3 is 10.4 Å². The van der Waals surface area contributed by atoms with Gasteiger partial charge in [0.1, 0.15) is 0 Å². The molecule has 0 spiro atoms. The van der Waals surface area contributed by atoms with Crippen molar-refractivity contribution in [3.05, 3.63) is 0 Å². The molecule has 2 fully saturated rings. The van der Waals surface area contributed by atoms with E-state index in [0.29, 0.717) is 31.7 Å². The van der Waals surface area contributed by atoms with Crippen LogP contribution in [0.1, 0.15) is 44.9 Å². The van der Waals surface area contributed by atoms with E-state index in [1.807, 2.05) is 0 Å². The lowest BCUT2D eigenvalue weighted by Crippen LogP contribution is -2.40. The summed E-state index contributed by atoms with van der Waals surface area (Å²) in [7, 11) is -3.36. The van der Waals surface area contributed by atoms with Gasteiger partial charge >= 0.3 is 5.97 Å². The maximum absolute atomic E-state index is 12.1. The molecule has 2 aliphatic rings. The fourth-order valence-corrected chi connectivity index (χ4v) is 4.12. The third kappa shape index (κ3) is 5.76. The van der Waals surface area contributed by atoms with Crippen LogP contribution in [-0.4, -0.2) is 44.2 Å². The van der Waals surface area contributed by atoms with E-state index in [1.54, 1.807) is 0 Å². The number of carboxylic acids is 1. The van der Waals surface area contributed by atoms with Crippen molar-refractivity contribution >= 4 is 21.9 Å². The van der Waals surface area contributed by atoms with E-state index in [1.165, 1.54) is 6.42 Å². The molecular formula is C15H26N2O5S. The third-order valence-corrected chi connectivity index (χ3v) is 6.23. The number of carbonyl (C=O) groups is 2. The minimum atomic E-state index is -3.36. The lowest BCUT2D eigenvalue weighted by atomic mass is 9.81. The number of sulfonamides is 1. The predicted octanol–water partition coefficient (Wildman–Crippen LogP) is 0.713. The highest BCUT2D eigenvalue weighted by molar-refractivity contribution is 7.89. The van der Waals surface area contributed by atoms with Crippen molar-refractivity contribution in [1.29, 1.82) is 0 Å². The fourth-order valence-electron chi connectivity index (χ4n) is 3.12. The van der Waals surface area contributed by atoms with E-state index < -0.39 is 21.9 Å². The molecule has 7 nitrogen and oxygen atoms in total. The Hall–Kier alpha value is -1.15. The van der Waals surface area contributed by atoms with Gasteiger partial charge in [-0.1, -0.05) is 12.8 Å². The highest BCUT2D eigenvalue weighted by Gasteiger charge is 2.31. The van der Waals surface area contributed by atoms with E-state index in [4.69, 9.17) is 5.11 Å². The second kappa shape index (κ2) is 8.10. The maximum Gasteiger partial charge on any atom is 0.306 e. The summed E-state index contributed by atoms with van der Waals surface area (Å²) >= 11 is 0. The molecule has 8 heteroatoms. The molecule has 0 aromatic carbocycles. The first-order chi connectivity index (χ1) is 10.9. The number of amides is 1. The highest BCUT2D eigenvalue weighted by Crippen LogP contribution is 2.29. The lowest BCUT2D eigenvalue weighted by Gasteiger charge is -2.26. The van der Waals surface area contributed by atoms with Crippen molar-refractivity contribution in [1.82, 2.24) is 10.0 Å². The molecule has 0 radical (unpaired) electrons.